The molecule has 0 bridgehead atoms. The first-order valence-corrected chi connectivity index (χ1v) is 8.64. The zero-order valence-electron chi connectivity index (χ0n) is 14.3. The van der Waals surface area contributed by atoms with E-state index in [2.05, 4.69) is 43.0 Å². The van der Waals surface area contributed by atoms with Crippen LogP contribution < -0.4 is 21.7 Å². The molecule has 0 saturated heterocycles. The van der Waals surface area contributed by atoms with Crippen molar-refractivity contribution in [2.24, 2.45) is 0 Å². The summed E-state index contributed by atoms with van der Waals surface area (Å²) in [6.45, 7) is 0.951. The Morgan fingerprint density at radius 3 is 2.38 bits per heavy atom. The number of nitrogens with two attached hydrogens (primary N) is 1. The van der Waals surface area contributed by atoms with E-state index in [0.29, 0.717) is 25.4 Å². The maximum atomic E-state index is 11.8. The molecule has 0 unspecified atom stereocenters. The summed E-state index contributed by atoms with van der Waals surface area (Å²) in [6, 6.07) is 7.73. The van der Waals surface area contributed by atoms with Crippen molar-refractivity contribution in [3.05, 3.63) is 35.5 Å². The molecular formula is C17H22N6O3. The number of rotatable bonds is 8. The Morgan fingerprint density at radius 1 is 1.08 bits per heavy atom. The smallest absolute Gasteiger partial charge is 0.319 e. The monoisotopic (exact) mass is 358 g/mol. The van der Waals surface area contributed by atoms with Gasteiger partial charge in [-0.25, -0.2) is 9.42 Å². The number of carbonyl (C=O) groups excluding carboxylic acids is 2. The molecule has 0 radical (unpaired) electrons. The quantitative estimate of drug-likeness (QED) is 0.532. The summed E-state index contributed by atoms with van der Waals surface area (Å²) >= 11 is 0. The second-order valence-electron chi connectivity index (χ2n) is 6.24. The lowest BCUT2D eigenvalue weighted by molar-refractivity contribution is 0.0943. The highest BCUT2D eigenvalue weighted by Crippen LogP contribution is 2.40. The lowest BCUT2D eigenvalue weighted by atomic mass is 10.1. The van der Waals surface area contributed by atoms with Gasteiger partial charge in [-0.1, -0.05) is 12.1 Å². The van der Waals surface area contributed by atoms with Gasteiger partial charge in [-0.2, -0.15) is 0 Å². The van der Waals surface area contributed by atoms with Crippen molar-refractivity contribution in [2.75, 3.05) is 24.1 Å². The molecule has 0 aliphatic heterocycles. The SMILES string of the molecule is Nc1nonc1C(=O)NCCCCNC(=O)Nc1ccc(C2CC2)cc1. The second-order valence-corrected chi connectivity index (χ2v) is 6.24. The first-order chi connectivity index (χ1) is 12.6. The number of anilines is 2. The van der Waals surface area contributed by atoms with E-state index in [1.54, 1.807) is 0 Å². The van der Waals surface area contributed by atoms with Gasteiger partial charge in [-0.15, -0.1) is 0 Å². The Labute approximate surface area is 150 Å². The van der Waals surface area contributed by atoms with E-state index in [9.17, 15) is 9.59 Å². The van der Waals surface area contributed by atoms with Crippen molar-refractivity contribution in [3.8, 4) is 0 Å². The van der Waals surface area contributed by atoms with Gasteiger partial charge >= 0.3 is 6.03 Å². The molecule has 9 nitrogen and oxygen atoms in total. The molecule has 1 aromatic carbocycles. The normalized spacial score (nSPS) is 13.2. The number of benzene rings is 1. The third-order valence-electron chi connectivity index (χ3n) is 4.12. The number of aromatic nitrogens is 2. The van der Waals surface area contributed by atoms with Gasteiger partial charge in [0.1, 0.15) is 0 Å². The first-order valence-electron chi connectivity index (χ1n) is 8.64. The summed E-state index contributed by atoms with van der Waals surface area (Å²) in [7, 11) is 0. The molecular weight excluding hydrogens is 336 g/mol. The van der Waals surface area contributed by atoms with Crippen molar-refractivity contribution in [1.82, 2.24) is 20.9 Å². The molecule has 0 atom stereocenters. The summed E-state index contributed by atoms with van der Waals surface area (Å²) in [4.78, 5) is 23.6. The number of carbonyl (C=O) groups is 2. The number of nitrogens with zero attached hydrogens (tertiary/aromatic N) is 2. The fourth-order valence-electron chi connectivity index (χ4n) is 2.52. The van der Waals surface area contributed by atoms with Gasteiger partial charge in [0.25, 0.3) is 5.91 Å². The Hall–Kier alpha value is -3.10. The van der Waals surface area contributed by atoms with Gasteiger partial charge in [0.15, 0.2) is 0 Å². The Balaban J connectivity index is 1.27. The van der Waals surface area contributed by atoms with E-state index in [4.69, 9.17) is 5.73 Å². The number of urea groups is 1. The summed E-state index contributed by atoms with van der Waals surface area (Å²) in [5.74, 6) is 0.241. The van der Waals surface area contributed by atoms with E-state index in [-0.39, 0.29) is 17.5 Å². The van der Waals surface area contributed by atoms with Gasteiger partial charge in [0.2, 0.25) is 11.5 Å². The van der Waals surface area contributed by atoms with E-state index in [0.717, 1.165) is 12.1 Å². The van der Waals surface area contributed by atoms with Gasteiger partial charge in [0.05, 0.1) is 0 Å². The third-order valence-corrected chi connectivity index (χ3v) is 4.12. The molecule has 1 aromatic heterocycles. The Morgan fingerprint density at radius 2 is 1.77 bits per heavy atom. The number of amides is 3. The maximum Gasteiger partial charge on any atom is 0.319 e. The van der Waals surface area contributed by atoms with Crippen molar-refractivity contribution >= 4 is 23.4 Å². The van der Waals surface area contributed by atoms with Crippen LogP contribution >= 0.6 is 0 Å². The van der Waals surface area contributed by atoms with Crippen LogP contribution in [0.3, 0.4) is 0 Å². The van der Waals surface area contributed by atoms with Gasteiger partial charge in [-0.05, 0) is 59.6 Å². The molecule has 5 N–H and O–H groups in total. The van der Waals surface area contributed by atoms with Crippen molar-refractivity contribution in [3.63, 3.8) is 0 Å². The van der Waals surface area contributed by atoms with E-state index in [1.165, 1.54) is 18.4 Å². The van der Waals surface area contributed by atoms with E-state index in [1.807, 2.05) is 12.1 Å². The largest absolute Gasteiger partial charge is 0.379 e. The molecule has 9 heteroatoms. The minimum atomic E-state index is -0.427. The third kappa shape index (κ3) is 4.95. The fourth-order valence-corrected chi connectivity index (χ4v) is 2.52. The van der Waals surface area contributed by atoms with Gasteiger partial charge in [-0.3, -0.25) is 4.79 Å². The van der Waals surface area contributed by atoms with Crippen LogP contribution in [0.5, 0.6) is 0 Å². The van der Waals surface area contributed by atoms with E-state index >= 15 is 0 Å². The van der Waals surface area contributed by atoms with E-state index < -0.39 is 5.91 Å². The standard InChI is InChI=1S/C17H22N6O3/c18-15-14(22-26-23-15)16(24)19-9-1-2-10-20-17(25)21-13-7-5-12(6-8-13)11-3-4-11/h5-8,11H,1-4,9-10H2,(H2,18,23)(H,19,24)(H2,20,21,25). The highest BCUT2D eigenvalue weighted by molar-refractivity contribution is 5.95. The molecule has 138 valence electrons. The van der Waals surface area contributed by atoms with Gasteiger partial charge < -0.3 is 21.7 Å². The van der Waals surface area contributed by atoms with Crippen LogP contribution in [0.25, 0.3) is 0 Å². The molecule has 1 aliphatic carbocycles. The predicted octanol–water partition coefficient (Wildman–Crippen LogP) is 1.86. The van der Waals surface area contributed by atoms with Crippen LogP contribution in [-0.2, 0) is 0 Å². The van der Waals surface area contributed by atoms with Crippen LogP contribution in [-0.4, -0.2) is 35.3 Å². The first kappa shape index (κ1) is 17.7. The minimum absolute atomic E-state index is 0.0183. The average molecular weight is 358 g/mol. The predicted molar refractivity (Wildman–Crippen MR) is 95.7 cm³/mol. The zero-order chi connectivity index (χ0) is 18.4. The molecule has 0 spiro atoms. The van der Waals surface area contributed by atoms with Crippen molar-refractivity contribution in [2.45, 2.75) is 31.6 Å². The highest BCUT2D eigenvalue weighted by Gasteiger charge is 2.22. The molecule has 1 fully saturated rings. The number of hydrogen-bond acceptors (Lipinski definition) is 6. The van der Waals surface area contributed by atoms with Crippen LogP contribution in [0.1, 0.15) is 47.7 Å². The Bertz CT molecular complexity index is 754. The maximum absolute atomic E-state index is 11.8. The number of unbranched alkanes of at least 4 members (excludes halogenated alkanes) is 1. The van der Waals surface area contributed by atoms with Crippen LogP contribution in [0, 0.1) is 0 Å². The summed E-state index contributed by atoms with van der Waals surface area (Å²) in [5, 5.41) is 15.0. The number of nitrogen functional groups attached to an aromatic ring is 1. The number of hydrogen-bond donors (Lipinski definition) is 4. The van der Waals surface area contributed by atoms with Gasteiger partial charge in [0, 0.05) is 18.8 Å². The summed E-state index contributed by atoms with van der Waals surface area (Å²) in [5.41, 5.74) is 7.53. The number of nitrogens with one attached hydrogen (secondary N) is 3. The highest BCUT2D eigenvalue weighted by atomic mass is 16.6. The minimum Gasteiger partial charge on any atom is -0.379 e. The van der Waals surface area contributed by atoms with Crippen LogP contribution in [0.15, 0.2) is 28.9 Å². The molecule has 1 saturated carbocycles. The fraction of sp³-hybridized carbons (Fsp3) is 0.412. The Kier molecular flexibility index (Phi) is 5.67. The molecule has 2 aromatic rings. The lowest BCUT2D eigenvalue weighted by Gasteiger charge is -2.08. The topological polar surface area (TPSA) is 135 Å². The summed E-state index contributed by atoms with van der Waals surface area (Å²) in [6.07, 6.45) is 3.95. The lowest BCUT2D eigenvalue weighted by Crippen LogP contribution is -2.30. The molecule has 3 rings (SSSR count). The molecule has 3 amide bonds. The molecule has 1 heterocycles. The van der Waals surface area contributed by atoms with Crippen molar-refractivity contribution in [1.29, 1.82) is 0 Å². The van der Waals surface area contributed by atoms with Crippen LogP contribution in [0.2, 0.25) is 0 Å². The van der Waals surface area contributed by atoms with Crippen LogP contribution in [0.4, 0.5) is 16.3 Å². The average Bonchev–Trinajstić information content (AvgIpc) is 3.39. The molecule has 1 aliphatic rings. The molecule has 26 heavy (non-hydrogen) atoms. The second kappa shape index (κ2) is 8.32. The zero-order valence-corrected chi connectivity index (χ0v) is 14.3. The van der Waals surface area contributed by atoms with Crippen molar-refractivity contribution < 1.29 is 14.2 Å². The summed E-state index contributed by atoms with van der Waals surface area (Å²) < 4.78 is 4.37.